The Morgan fingerprint density at radius 2 is 1.70 bits per heavy atom. The number of hydrogen-bond donors (Lipinski definition) is 0. The second-order valence-electron chi connectivity index (χ2n) is 4.02. The summed E-state index contributed by atoms with van der Waals surface area (Å²) in [6.07, 6.45) is 0. The maximum atomic E-state index is 13.5. The minimum atomic E-state index is -0.878. The Balaban J connectivity index is 2.21. The molecular weight excluding hydrogens is 462 g/mol. The van der Waals surface area contributed by atoms with E-state index in [-0.39, 0.29) is 12.2 Å². The van der Waals surface area contributed by atoms with Crippen molar-refractivity contribution in [3.05, 3.63) is 62.0 Å². The van der Waals surface area contributed by atoms with E-state index in [1.54, 1.807) is 0 Å². The molecule has 0 saturated heterocycles. The van der Waals surface area contributed by atoms with Gasteiger partial charge in [0.15, 0.2) is 11.6 Å². The first-order chi connectivity index (χ1) is 9.52. The van der Waals surface area contributed by atoms with E-state index in [0.717, 1.165) is 20.6 Å². The lowest BCUT2D eigenvalue weighted by Gasteiger charge is -2.12. The molecule has 0 N–H and O–H groups in total. The van der Waals surface area contributed by atoms with E-state index in [1.807, 2.05) is 12.1 Å². The van der Waals surface area contributed by atoms with Gasteiger partial charge < -0.3 is 4.74 Å². The van der Waals surface area contributed by atoms with Crippen molar-refractivity contribution >= 4 is 47.8 Å². The fourth-order valence-corrected chi connectivity index (χ4v) is 3.47. The summed E-state index contributed by atoms with van der Waals surface area (Å²) < 4.78 is 33.7. The van der Waals surface area contributed by atoms with Crippen LogP contribution in [0.15, 0.2) is 39.3 Å². The summed E-state index contributed by atoms with van der Waals surface area (Å²) in [5.74, 6) is -1.20. The third kappa shape index (κ3) is 3.59. The predicted octanol–water partition coefficient (Wildman–Crippen LogP) is 5.96. The van der Waals surface area contributed by atoms with Crippen LogP contribution in [0.1, 0.15) is 11.1 Å². The van der Waals surface area contributed by atoms with E-state index in [2.05, 4.69) is 47.8 Å². The molecule has 20 heavy (non-hydrogen) atoms. The highest BCUT2D eigenvalue weighted by Gasteiger charge is 2.12. The van der Waals surface area contributed by atoms with Crippen LogP contribution >= 0.6 is 47.8 Å². The summed E-state index contributed by atoms with van der Waals surface area (Å²) >= 11 is 10.2. The summed E-state index contributed by atoms with van der Waals surface area (Å²) in [4.78, 5) is 0. The first kappa shape index (κ1) is 15.9. The van der Waals surface area contributed by atoms with E-state index in [9.17, 15) is 8.78 Å². The van der Waals surface area contributed by atoms with Gasteiger partial charge in [-0.15, -0.1) is 0 Å². The number of ether oxygens (including phenoxy) is 1. The van der Waals surface area contributed by atoms with Crippen LogP contribution in [0, 0.1) is 11.6 Å². The van der Waals surface area contributed by atoms with E-state index in [0.29, 0.717) is 11.1 Å². The lowest BCUT2D eigenvalue weighted by molar-refractivity contribution is 0.293. The highest BCUT2D eigenvalue weighted by Crippen LogP contribution is 2.36. The van der Waals surface area contributed by atoms with Gasteiger partial charge in [-0.1, -0.05) is 28.1 Å². The van der Waals surface area contributed by atoms with Gasteiger partial charge in [0.25, 0.3) is 0 Å². The van der Waals surface area contributed by atoms with Gasteiger partial charge in [0.05, 0.1) is 8.95 Å². The zero-order valence-corrected chi connectivity index (χ0v) is 14.9. The average Bonchev–Trinajstić information content (AvgIpc) is 2.42. The molecule has 0 aliphatic rings. The molecule has 2 aromatic carbocycles. The maximum Gasteiger partial charge on any atom is 0.165 e. The molecule has 2 rings (SSSR count). The number of halogens is 5. The molecular formula is C14H9Br3F2O. The molecule has 0 fully saturated rings. The largest absolute Gasteiger partial charge is 0.486 e. The zero-order chi connectivity index (χ0) is 14.7. The molecule has 0 saturated carbocycles. The number of hydrogen-bond acceptors (Lipinski definition) is 1. The lowest BCUT2D eigenvalue weighted by atomic mass is 10.2. The molecule has 0 heterocycles. The molecule has 0 atom stereocenters. The number of benzene rings is 2. The minimum Gasteiger partial charge on any atom is -0.486 e. The van der Waals surface area contributed by atoms with Crippen molar-refractivity contribution < 1.29 is 13.5 Å². The van der Waals surface area contributed by atoms with Crippen molar-refractivity contribution in [3.63, 3.8) is 0 Å². The Morgan fingerprint density at radius 3 is 2.30 bits per heavy atom. The Hall–Kier alpha value is -0.460. The number of rotatable bonds is 4. The first-order valence-corrected chi connectivity index (χ1v) is 8.33. The molecule has 0 radical (unpaired) electrons. The molecule has 0 aliphatic heterocycles. The highest BCUT2D eigenvalue weighted by atomic mass is 79.9. The standard InChI is InChI=1S/C14H9Br3F2O/c15-6-8-4-10(16)14(11(17)5-8)20-7-9-2-1-3-12(18)13(9)19/h1-5H,6-7H2. The van der Waals surface area contributed by atoms with Gasteiger partial charge >= 0.3 is 0 Å². The van der Waals surface area contributed by atoms with E-state index in [1.165, 1.54) is 12.1 Å². The summed E-state index contributed by atoms with van der Waals surface area (Å²) in [5.41, 5.74) is 1.24. The van der Waals surface area contributed by atoms with Crippen LogP contribution in [0.3, 0.4) is 0 Å². The fraction of sp³-hybridized carbons (Fsp3) is 0.143. The predicted molar refractivity (Wildman–Crippen MR) is 85.2 cm³/mol. The van der Waals surface area contributed by atoms with Gasteiger partial charge in [-0.05, 0) is 55.6 Å². The summed E-state index contributed by atoms with van der Waals surface area (Å²) in [7, 11) is 0. The topological polar surface area (TPSA) is 9.23 Å². The summed E-state index contributed by atoms with van der Waals surface area (Å²) in [5, 5.41) is 0.711. The van der Waals surface area contributed by atoms with Crippen molar-refractivity contribution in [2.45, 2.75) is 11.9 Å². The van der Waals surface area contributed by atoms with Crippen molar-refractivity contribution in [1.29, 1.82) is 0 Å². The molecule has 6 heteroatoms. The van der Waals surface area contributed by atoms with Crippen molar-refractivity contribution in [2.75, 3.05) is 0 Å². The number of alkyl halides is 1. The minimum absolute atomic E-state index is 0.0472. The van der Waals surface area contributed by atoms with Gasteiger partial charge in [0.1, 0.15) is 12.4 Å². The van der Waals surface area contributed by atoms with Crippen LogP contribution < -0.4 is 4.74 Å². The van der Waals surface area contributed by atoms with Crippen molar-refractivity contribution in [2.24, 2.45) is 0 Å². The average molecular weight is 471 g/mol. The Kier molecular flexibility index (Phi) is 5.57. The van der Waals surface area contributed by atoms with Crippen LogP contribution in [-0.4, -0.2) is 0 Å². The summed E-state index contributed by atoms with van der Waals surface area (Å²) in [6.45, 7) is -0.0472. The third-order valence-corrected chi connectivity index (χ3v) is 4.44. The third-order valence-electron chi connectivity index (χ3n) is 2.62. The van der Waals surface area contributed by atoms with Gasteiger partial charge in [0.2, 0.25) is 0 Å². The van der Waals surface area contributed by atoms with Crippen LogP contribution in [0.5, 0.6) is 5.75 Å². The molecule has 2 aromatic rings. The van der Waals surface area contributed by atoms with Crippen LogP contribution in [0.4, 0.5) is 8.78 Å². The molecule has 0 spiro atoms. The van der Waals surface area contributed by atoms with Gasteiger partial charge in [0, 0.05) is 10.9 Å². The summed E-state index contributed by atoms with van der Waals surface area (Å²) in [6, 6.07) is 7.82. The first-order valence-electron chi connectivity index (χ1n) is 5.62. The zero-order valence-electron chi connectivity index (χ0n) is 10.1. The van der Waals surface area contributed by atoms with Crippen molar-refractivity contribution in [1.82, 2.24) is 0 Å². The molecule has 0 aliphatic carbocycles. The van der Waals surface area contributed by atoms with E-state index in [4.69, 9.17) is 4.74 Å². The molecule has 0 amide bonds. The lowest BCUT2D eigenvalue weighted by Crippen LogP contribution is -2.01. The normalized spacial score (nSPS) is 10.7. The van der Waals surface area contributed by atoms with E-state index < -0.39 is 11.6 Å². The molecule has 0 unspecified atom stereocenters. The highest BCUT2D eigenvalue weighted by molar-refractivity contribution is 9.11. The maximum absolute atomic E-state index is 13.5. The second-order valence-corrected chi connectivity index (χ2v) is 6.29. The molecule has 1 nitrogen and oxygen atoms in total. The molecule has 0 aromatic heterocycles. The van der Waals surface area contributed by atoms with Gasteiger partial charge in [-0.2, -0.15) is 0 Å². The molecule has 106 valence electrons. The Morgan fingerprint density at radius 1 is 1.05 bits per heavy atom. The monoisotopic (exact) mass is 468 g/mol. The van der Waals surface area contributed by atoms with Crippen LogP contribution in [-0.2, 0) is 11.9 Å². The van der Waals surface area contributed by atoms with Crippen LogP contribution in [0.25, 0.3) is 0 Å². The van der Waals surface area contributed by atoms with E-state index >= 15 is 0 Å². The smallest absolute Gasteiger partial charge is 0.165 e. The second kappa shape index (κ2) is 7.00. The van der Waals surface area contributed by atoms with Crippen LogP contribution in [0.2, 0.25) is 0 Å². The Labute approximate surface area is 140 Å². The Bertz CT molecular complexity index is 609. The van der Waals surface area contributed by atoms with Gasteiger partial charge in [-0.25, -0.2) is 8.78 Å². The van der Waals surface area contributed by atoms with Crippen molar-refractivity contribution in [3.8, 4) is 5.75 Å². The quantitative estimate of drug-likeness (QED) is 0.501. The fourth-order valence-electron chi connectivity index (χ4n) is 1.64. The van der Waals surface area contributed by atoms with Gasteiger partial charge in [-0.3, -0.25) is 0 Å². The SMILES string of the molecule is Fc1cccc(COc2c(Br)cc(CBr)cc2Br)c1F. The molecule has 0 bridgehead atoms.